The Morgan fingerprint density at radius 1 is 1.03 bits per heavy atom. The molecule has 0 aliphatic rings. The summed E-state index contributed by atoms with van der Waals surface area (Å²) in [6.45, 7) is 0. The number of halogens is 4. The van der Waals surface area contributed by atoms with Crippen LogP contribution in [0.25, 0.3) is 22.7 Å². The van der Waals surface area contributed by atoms with Crippen molar-refractivity contribution < 1.29 is 30.2 Å². The fourth-order valence-corrected chi connectivity index (χ4v) is 3.77. The van der Waals surface area contributed by atoms with Gasteiger partial charge in [0.1, 0.15) is 4.90 Å². The van der Waals surface area contributed by atoms with Gasteiger partial charge in [0.25, 0.3) is 0 Å². The number of benzene rings is 2. The molecule has 0 saturated heterocycles. The number of nitrogens with zero attached hydrogens (tertiary/aromatic N) is 2. The van der Waals surface area contributed by atoms with Crippen LogP contribution in [0.2, 0.25) is 5.02 Å². The molecule has 2 aromatic carbocycles. The number of aromatic nitrogens is 2. The van der Waals surface area contributed by atoms with E-state index in [4.69, 9.17) is 20.2 Å². The molecule has 30 heavy (non-hydrogen) atoms. The monoisotopic (exact) mass is 454 g/mol. The van der Waals surface area contributed by atoms with Crippen molar-refractivity contribution in [3.63, 3.8) is 0 Å². The molecule has 0 N–H and O–H groups in total. The lowest BCUT2D eigenvalue weighted by Gasteiger charge is -2.12. The van der Waals surface area contributed by atoms with Gasteiger partial charge >= 0.3 is 16.3 Å². The van der Waals surface area contributed by atoms with E-state index in [1.54, 1.807) is 12.1 Å². The Kier molecular flexibility index (Phi) is 4.91. The fourth-order valence-electron chi connectivity index (χ4n) is 2.62. The number of alkyl halides is 3. The Morgan fingerprint density at radius 3 is 2.57 bits per heavy atom. The summed E-state index contributed by atoms with van der Waals surface area (Å²) in [5, 5.41) is 0.141. The number of hydrogen-bond donors (Lipinski definition) is 0. The molecule has 2 aromatic heterocycles. The molecule has 11 heteroatoms. The molecule has 0 atom stereocenters. The molecule has 154 valence electrons. The van der Waals surface area contributed by atoms with Crippen LogP contribution in [0.3, 0.4) is 0 Å². The number of fused-ring (bicyclic) bond motifs is 1. The maximum atomic E-state index is 12.9. The average Bonchev–Trinajstić information content (AvgIpc) is 3.11. The Bertz CT molecular complexity index is 1320. The molecular formula is C19H10ClF3N2O4S. The highest BCUT2D eigenvalue weighted by Crippen LogP contribution is 2.36. The number of oxazole rings is 1. The largest absolute Gasteiger partial charge is 0.434 e. The summed E-state index contributed by atoms with van der Waals surface area (Å²) in [7, 11) is -4.62. The van der Waals surface area contributed by atoms with E-state index in [0.717, 1.165) is 18.2 Å². The zero-order valence-electron chi connectivity index (χ0n) is 14.7. The van der Waals surface area contributed by atoms with Crippen LogP contribution in [0.4, 0.5) is 13.2 Å². The second-order valence-corrected chi connectivity index (χ2v) is 8.03. The van der Waals surface area contributed by atoms with E-state index >= 15 is 0 Å². The quantitative estimate of drug-likeness (QED) is 0.388. The van der Waals surface area contributed by atoms with Gasteiger partial charge in [0.05, 0.1) is 11.1 Å². The summed E-state index contributed by atoms with van der Waals surface area (Å²) in [6.07, 6.45) is -3.20. The first kappa shape index (κ1) is 20.2. The van der Waals surface area contributed by atoms with Crippen molar-refractivity contribution in [2.24, 2.45) is 0 Å². The Morgan fingerprint density at radius 2 is 1.83 bits per heavy atom. The number of rotatable bonds is 4. The molecule has 0 radical (unpaired) electrons. The van der Waals surface area contributed by atoms with E-state index in [9.17, 15) is 21.6 Å². The van der Waals surface area contributed by atoms with Gasteiger partial charge in [0.15, 0.2) is 17.0 Å². The van der Waals surface area contributed by atoms with E-state index < -0.39 is 26.8 Å². The predicted molar refractivity (Wildman–Crippen MR) is 102 cm³/mol. The van der Waals surface area contributed by atoms with E-state index in [0.29, 0.717) is 11.6 Å². The molecule has 0 spiro atoms. The van der Waals surface area contributed by atoms with Gasteiger partial charge in [-0.05, 0) is 42.5 Å². The van der Waals surface area contributed by atoms with Crippen molar-refractivity contribution in [3.8, 4) is 17.2 Å². The standard InChI is InChI=1S/C19H10ClF3N2O4S/c20-12-6-7-14(18-25-17-15(28-18)5-2-8-24-17)16(10-12)29-30(26,27)13-4-1-3-11(9-13)19(21,22)23/h1-10H. The van der Waals surface area contributed by atoms with Crippen LogP contribution in [-0.4, -0.2) is 18.4 Å². The van der Waals surface area contributed by atoms with Crippen molar-refractivity contribution in [2.75, 3.05) is 0 Å². The third kappa shape index (κ3) is 3.96. The van der Waals surface area contributed by atoms with Gasteiger partial charge in [-0.2, -0.15) is 26.6 Å². The van der Waals surface area contributed by atoms with Crippen LogP contribution in [0.1, 0.15) is 5.56 Å². The van der Waals surface area contributed by atoms with Crippen LogP contribution >= 0.6 is 11.6 Å². The zero-order chi connectivity index (χ0) is 21.5. The first-order valence-electron chi connectivity index (χ1n) is 8.27. The highest BCUT2D eigenvalue weighted by molar-refractivity contribution is 7.87. The molecule has 0 bridgehead atoms. The van der Waals surface area contributed by atoms with Gasteiger partial charge in [-0.15, -0.1) is 0 Å². The van der Waals surface area contributed by atoms with Crippen molar-refractivity contribution in [3.05, 3.63) is 71.4 Å². The minimum Gasteiger partial charge on any atom is -0.434 e. The highest BCUT2D eigenvalue weighted by Gasteiger charge is 2.32. The van der Waals surface area contributed by atoms with Crippen LogP contribution in [0.5, 0.6) is 5.75 Å². The maximum absolute atomic E-state index is 12.9. The number of pyridine rings is 1. The minimum absolute atomic E-state index is 0.00890. The van der Waals surface area contributed by atoms with E-state index in [2.05, 4.69) is 9.97 Å². The predicted octanol–water partition coefficient (Wildman–Crippen LogP) is 5.33. The molecule has 0 amide bonds. The third-order valence-corrected chi connectivity index (χ3v) is 5.45. The first-order valence-corrected chi connectivity index (χ1v) is 10.1. The molecule has 0 unspecified atom stereocenters. The molecule has 0 saturated carbocycles. The summed E-state index contributed by atoms with van der Waals surface area (Å²) in [5.41, 5.74) is -0.347. The Labute approximate surface area is 173 Å². The molecule has 6 nitrogen and oxygen atoms in total. The second-order valence-electron chi connectivity index (χ2n) is 6.05. The summed E-state index contributed by atoms with van der Waals surface area (Å²) >= 11 is 5.96. The zero-order valence-corrected chi connectivity index (χ0v) is 16.3. The van der Waals surface area contributed by atoms with Gasteiger partial charge in [-0.1, -0.05) is 17.7 Å². The van der Waals surface area contributed by atoms with Crippen molar-refractivity contribution in [1.29, 1.82) is 0 Å². The third-order valence-electron chi connectivity index (χ3n) is 3.99. The van der Waals surface area contributed by atoms with Gasteiger partial charge in [0, 0.05) is 17.3 Å². The molecule has 0 fully saturated rings. The Hall–Kier alpha value is -3.11. The smallest absolute Gasteiger partial charge is 0.416 e. The van der Waals surface area contributed by atoms with Crippen LogP contribution in [0.15, 0.2) is 70.1 Å². The molecule has 0 aliphatic heterocycles. The average molecular weight is 455 g/mol. The summed E-state index contributed by atoms with van der Waals surface area (Å²) < 4.78 is 74.8. The van der Waals surface area contributed by atoms with Crippen molar-refractivity contribution in [1.82, 2.24) is 9.97 Å². The fraction of sp³-hybridized carbons (Fsp3) is 0.0526. The highest BCUT2D eigenvalue weighted by atomic mass is 35.5. The van der Waals surface area contributed by atoms with Gasteiger partial charge in [-0.3, -0.25) is 0 Å². The summed E-state index contributed by atoms with van der Waals surface area (Å²) in [5.74, 6) is -0.249. The second kappa shape index (κ2) is 7.29. The topological polar surface area (TPSA) is 82.3 Å². The van der Waals surface area contributed by atoms with Crippen molar-refractivity contribution in [2.45, 2.75) is 11.1 Å². The SMILES string of the molecule is O=S(=O)(Oc1cc(Cl)ccc1-c1nc2ncccc2o1)c1cccc(C(F)(F)F)c1. The van der Waals surface area contributed by atoms with E-state index in [-0.39, 0.29) is 27.9 Å². The molecule has 4 rings (SSSR count). The molecule has 4 aromatic rings. The van der Waals surface area contributed by atoms with Crippen LogP contribution < -0.4 is 4.18 Å². The first-order chi connectivity index (χ1) is 14.1. The lowest BCUT2D eigenvalue weighted by atomic mass is 10.2. The van der Waals surface area contributed by atoms with E-state index in [1.165, 1.54) is 24.4 Å². The molecule has 2 heterocycles. The summed E-state index contributed by atoms with van der Waals surface area (Å²) in [4.78, 5) is 7.55. The normalized spacial score (nSPS) is 12.3. The van der Waals surface area contributed by atoms with Gasteiger partial charge < -0.3 is 8.60 Å². The number of hydrogen-bond acceptors (Lipinski definition) is 6. The Balaban J connectivity index is 1.77. The van der Waals surface area contributed by atoms with Gasteiger partial charge in [-0.25, -0.2) is 4.98 Å². The molecule has 0 aliphatic carbocycles. The lowest BCUT2D eigenvalue weighted by Crippen LogP contribution is -2.12. The van der Waals surface area contributed by atoms with Crippen LogP contribution in [0, 0.1) is 0 Å². The van der Waals surface area contributed by atoms with Crippen LogP contribution in [-0.2, 0) is 16.3 Å². The maximum Gasteiger partial charge on any atom is 0.416 e. The summed E-state index contributed by atoms with van der Waals surface area (Å²) in [6, 6.07) is 10.6. The van der Waals surface area contributed by atoms with Crippen molar-refractivity contribution >= 4 is 32.9 Å². The minimum atomic E-state index is -4.71. The van der Waals surface area contributed by atoms with E-state index in [1.807, 2.05) is 0 Å². The molecular weight excluding hydrogens is 445 g/mol. The van der Waals surface area contributed by atoms with Gasteiger partial charge in [0.2, 0.25) is 5.89 Å². The lowest BCUT2D eigenvalue weighted by molar-refractivity contribution is -0.137.